The van der Waals surface area contributed by atoms with Crippen LogP contribution in [0.1, 0.15) is 18.3 Å². The Kier molecular flexibility index (Phi) is 5.55. The molecule has 2 N–H and O–H groups in total. The average Bonchev–Trinajstić information content (AvgIpc) is 3.26. The highest BCUT2D eigenvalue weighted by atomic mass is 79.9. The number of nitrogens with zero attached hydrogens (tertiary/aromatic N) is 4. The van der Waals surface area contributed by atoms with Crippen molar-refractivity contribution in [3.05, 3.63) is 52.0 Å². The van der Waals surface area contributed by atoms with E-state index in [-0.39, 0.29) is 0 Å². The maximum atomic E-state index is 5.97. The van der Waals surface area contributed by atoms with Crippen LogP contribution in [0.15, 0.2) is 51.6 Å². The summed E-state index contributed by atoms with van der Waals surface area (Å²) in [5.41, 5.74) is 8.20. The van der Waals surface area contributed by atoms with Crippen LogP contribution in [0, 0.1) is 0 Å². The number of anilines is 1. The lowest BCUT2D eigenvalue weighted by Crippen LogP contribution is -2.03. The van der Waals surface area contributed by atoms with Gasteiger partial charge in [0.25, 0.3) is 6.29 Å². The predicted octanol–water partition coefficient (Wildman–Crippen LogP) is 4.59. The normalized spacial score (nSPS) is 16.2. The summed E-state index contributed by atoms with van der Waals surface area (Å²) in [6, 6.07) is 7.80. The van der Waals surface area contributed by atoms with E-state index in [1.165, 1.54) is 18.1 Å². The molecule has 1 unspecified atom stereocenters. The van der Waals surface area contributed by atoms with Gasteiger partial charge in [0.15, 0.2) is 22.1 Å². The SMILES string of the molecule is Nc1ncnc2c1nc(SC1=COC(c3ccccc3Br)O1)n2CCCBr. The predicted molar refractivity (Wildman–Crippen MR) is 111 cm³/mol. The number of nitrogen functional groups attached to an aromatic ring is 1. The van der Waals surface area contributed by atoms with Crippen LogP contribution in [0.25, 0.3) is 11.2 Å². The molecule has 1 aromatic carbocycles. The number of thioether (sulfide) groups is 1. The largest absolute Gasteiger partial charge is 0.454 e. The summed E-state index contributed by atoms with van der Waals surface area (Å²) < 4.78 is 14.6. The number of aryl methyl sites for hydroxylation is 1. The van der Waals surface area contributed by atoms with Crippen molar-refractivity contribution in [1.82, 2.24) is 19.5 Å². The molecule has 1 atom stereocenters. The van der Waals surface area contributed by atoms with Gasteiger partial charge >= 0.3 is 0 Å². The number of nitrogens with two attached hydrogens (primary N) is 1. The van der Waals surface area contributed by atoms with E-state index in [1.807, 2.05) is 28.8 Å². The topological polar surface area (TPSA) is 88.1 Å². The van der Waals surface area contributed by atoms with Crippen molar-refractivity contribution in [3.63, 3.8) is 0 Å². The van der Waals surface area contributed by atoms with Gasteiger partial charge in [0, 0.05) is 21.9 Å². The number of imidazole rings is 1. The molecule has 0 amide bonds. The summed E-state index contributed by atoms with van der Waals surface area (Å²) in [5, 5.41) is 2.24. The lowest BCUT2D eigenvalue weighted by atomic mass is 10.2. The lowest BCUT2D eigenvalue weighted by Gasteiger charge is -2.13. The van der Waals surface area contributed by atoms with E-state index in [0.29, 0.717) is 22.1 Å². The van der Waals surface area contributed by atoms with Gasteiger partial charge in [-0.15, -0.1) is 0 Å². The van der Waals surface area contributed by atoms with Crippen LogP contribution in [0.4, 0.5) is 5.82 Å². The van der Waals surface area contributed by atoms with Gasteiger partial charge in [-0.2, -0.15) is 0 Å². The number of aromatic nitrogens is 4. The van der Waals surface area contributed by atoms with E-state index in [4.69, 9.17) is 15.2 Å². The molecule has 0 aliphatic carbocycles. The molecular weight excluding hydrogens is 498 g/mol. The number of hydrogen-bond acceptors (Lipinski definition) is 7. The molecule has 1 aliphatic rings. The van der Waals surface area contributed by atoms with Crippen LogP contribution in [0.3, 0.4) is 0 Å². The molecule has 0 fully saturated rings. The molecular formula is C17H15Br2N5O2S. The molecule has 3 aromatic rings. The molecule has 0 saturated heterocycles. The Bertz CT molecular complexity index is 1010. The zero-order valence-corrected chi connectivity index (χ0v) is 18.0. The molecule has 0 spiro atoms. The van der Waals surface area contributed by atoms with Crippen LogP contribution >= 0.6 is 43.6 Å². The van der Waals surface area contributed by atoms with Crippen molar-refractivity contribution in [3.8, 4) is 0 Å². The van der Waals surface area contributed by atoms with Crippen LogP contribution in [-0.4, -0.2) is 24.8 Å². The number of fused-ring (bicyclic) bond motifs is 1. The van der Waals surface area contributed by atoms with Crippen LogP contribution in [-0.2, 0) is 16.0 Å². The third kappa shape index (κ3) is 3.78. The average molecular weight is 513 g/mol. The molecule has 7 nitrogen and oxygen atoms in total. The quantitative estimate of drug-likeness (QED) is 0.483. The number of alkyl halides is 1. The van der Waals surface area contributed by atoms with Gasteiger partial charge in [-0.1, -0.05) is 50.1 Å². The molecule has 3 heterocycles. The second-order valence-electron chi connectivity index (χ2n) is 5.67. The van der Waals surface area contributed by atoms with Crippen molar-refractivity contribution in [2.75, 3.05) is 11.1 Å². The summed E-state index contributed by atoms with van der Waals surface area (Å²) in [4.78, 5) is 13.0. The Morgan fingerprint density at radius 1 is 1.26 bits per heavy atom. The first kappa shape index (κ1) is 18.6. The van der Waals surface area contributed by atoms with Crippen molar-refractivity contribution in [2.45, 2.75) is 24.4 Å². The van der Waals surface area contributed by atoms with Gasteiger partial charge in [0.2, 0.25) is 5.09 Å². The maximum absolute atomic E-state index is 5.97. The molecule has 0 saturated carbocycles. The fourth-order valence-corrected chi connectivity index (χ4v) is 4.22. The van der Waals surface area contributed by atoms with Gasteiger partial charge in [0.05, 0.1) is 0 Å². The van der Waals surface area contributed by atoms with E-state index in [9.17, 15) is 0 Å². The Balaban J connectivity index is 1.58. The molecule has 0 radical (unpaired) electrons. The second-order valence-corrected chi connectivity index (χ2v) is 8.28. The van der Waals surface area contributed by atoms with E-state index >= 15 is 0 Å². The number of ether oxygens (including phenoxy) is 2. The van der Waals surface area contributed by atoms with Crippen molar-refractivity contribution in [1.29, 1.82) is 0 Å². The number of hydrogen-bond donors (Lipinski definition) is 1. The summed E-state index contributed by atoms with van der Waals surface area (Å²) in [7, 11) is 0. The zero-order chi connectivity index (χ0) is 18.8. The Morgan fingerprint density at radius 2 is 2.11 bits per heavy atom. The van der Waals surface area contributed by atoms with E-state index in [1.54, 1.807) is 6.26 Å². The second kappa shape index (κ2) is 8.07. The van der Waals surface area contributed by atoms with Crippen molar-refractivity contribution in [2.24, 2.45) is 0 Å². The number of rotatable bonds is 6. The number of benzene rings is 1. The molecule has 27 heavy (non-hydrogen) atoms. The van der Waals surface area contributed by atoms with Gasteiger partial charge in [0.1, 0.15) is 12.6 Å². The van der Waals surface area contributed by atoms with Crippen molar-refractivity contribution >= 4 is 60.6 Å². The molecule has 10 heteroatoms. The Labute approximate surface area is 176 Å². The summed E-state index contributed by atoms with van der Waals surface area (Å²) in [6.45, 7) is 0.752. The fraction of sp³-hybridized carbons (Fsp3) is 0.235. The Hall–Kier alpha value is -1.78. The van der Waals surface area contributed by atoms with Crippen LogP contribution in [0.5, 0.6) is 0 Å². The minimum Gasteiger partial charge on any atom is -0.454 e. The Morgan fingerprint density at radius 3 is 2.93 bits per heavy atom. The van der Waals surface area contributed by atoms with Crippen molar-refractivity contribution < 1.29 is 9.47 Å². The highest BCUT2D eigenvalue weighted by Crippen LogP contribution is 2.40. The van der Waals surface area contributed by atoms with Gasteiger partial charge in [-0.25, -0.2) is 15.0 Å². The third-order valence-electron chi connectivity index (χ3n) is 3.90. The monoisotopic (exact) mass is 511 g/mol. The summed E-state index contributed by atoms with van der Waals surface area (Å²) in [6.07, 6.45) is 3.50. The minimum absolute atomic E-state index is 0.364. The smallest absolute Gasteiger partial charge is 0.268 e. The molecule has 1 aliphatic heterocycles. The number of halogens is 2. The van der Waals surface area contributed by atoms with Crippen LogP contribution < -0.4 is 5.73 Å². The summed E-state index contributed by atoms with van der Waals surface area (Å²) in [5.74, 6) is 0.364. The molecule has 0 bridgehead atoms. The maximum Gasteiger partial charge on any atom is 0.268 e. The van der Waals surface area contributed by atoms with E-state index in [0.717, 1.165) is 33.5 Å². The first-order chi connectivity index (χ1) is 13.2. The minimum atomic E-state index is -0.492. The van der Waals surface area contributed by atoms with Crippen LogP contribution in [0.2, 0.25) is 0 Å². The first-order valence-corrected chi connectivity index (χ1v) is 10.9. The van der Waals surface area contributed by atoms with Gasteiger partial charge in [-0.3, -0.25) is 0 Å². The standard InChI is InChI=1S/C17H15Br2N5O2S/c18-6-3-7-24-15-13(14(20)21-9-22-15)23-17(24)27-12-8-25-16(26-12)10-4-1-2-5-11(10)19/h1-2,4-5,8-9,16H,3,6-7H2,(H2,20,21,22). The zero-order valence-electron chi connectivity index (χ0n) is 14.0. The van der Waals surface area contributed by atoms with E-state index in [2.05, 4.69) is 46.8 Å². The fourth-order valence-electron chi connectivity index (χ4n) is 2.65. The van der Waals surface area contributed by atoms with Gasteiger partial charge in [-0.05, 0) is 24.2 Å². The third-order valence-corrected chi connectivity index (χ3v) is 6.07. The molecule has 2 aromatic heterocycles. The highest BCUT2D eigenvalue weighted by Gasteiger charge is 2.26. The highest BCUT2D eigenvalue weighted by molar-refractivity contribution is 9.10. The molecule has 4 rings (SSSR count). The summed E-state index contributed by atoms with van der Waals surface area (Å²) >= 11 is 8.37. The first-order valence-electron chi connectivity index (χ1n) is 8.14. The molecule has 140 valence electrons. The van der Waals surface area contributed by atoms with E-state index < -0.39 is 6.29 Å². The van der Waals surface area contributed by atoms with Gasteiger partial charge < -0.3 is 19.8 Å². The lowest BCUT2D eigenvalue weighted by molar-refractivity contribution is -0.0278.